The van der Waals surface area contributed by atoms with Gasteiger partial charge in [-0.2, -0.15) is 0 Å². The average molecular weight is 248 g/mol. The molecule has 0 aliphatic heterocycles. The Morgan fingerprint density at radius 3 is 2.83 bits per heavy atom. The molecule has 0 saturated carbocycles. The van der Waals surface area contributed by atoms with Gasteiger partial charge in [-0.05, 0) is 31.9 Å². The molecule has 0 aliphatic carbocycles. The summed E-state index contributed by atoms with van der Waals surface area (Å²) in [6.45, 7) is 4.05. The number of para-hydroxylation sites is 1. The van der Waals surface area contributed by atoms with Crippen molar-refractivity contribution in [1.82, 2.24) is 5.43 Å². The van der Waals surface area contributed by atoms with Gasteiger partial charge in [0.1, 0.15) is 11.3 Å². The van der Waals surface area contributed by atoms with Crippen molar-refractivity contribution in [1.29, 1.82) is 0 Å². The van der Waals surface area contributed by atoms with Crippen LogP contribution in [0.1, 0.15) is 30.7 Å². The van der Waals surface area contributed by atoms with Gasteiger partial charge in [-0.1, -0.05) is 18.2 Å². The van der Waals surface area contributed by atoms with Gasteiger partial charge in [-0.3, -0.25) is 5.84 Å². The van der Waals surface area contributed by atoms with Crippen LogP contribution in [0, 0.1) is 6.92 Å². The van der Waals surface area contributed by atoms with Crippen LogP contribution in [0.5, 0.6) is 0 Å². The number of fused-ring (bicyclic) bond motifs is 1. The van der Waals surface area contributed by atoms with Gasteiger partial charge in [0.25, 0.3) is 0 Å². The summed E-state index contributed by atoms with van der Waals surface area (Å²) >= 11 is 0. The Balaban J connectivity index is 2.31. The normalized spacial score (nSPS) is 14.9. The Bertz CT molecular complexity index is 521. The number of rotatable bonds is 5. The summed E-state index contributed by atoms with van der Waals surface area (Å²) in [5.74, 6) is 6.45. The Kier molecular flexibility index (Phi) is 4.01. The van der Waals surface area contributed by atoms with Crippen molar-refractivity contribution in [3.8, 4) is 0 Å². The predicted molar refractivity (Wildman–Crippen MR) is 72.1 cm³/mol. The van der Waals surface area contributed by atoms with E-state index in [1.165, 1.54) is 0 Å². The molecule has 0 saturated heterocycles. The first-order valence-corrected chi connectivity index (χ1v) is 6.13. The molecule has 0 amide bonds. The van der Waals surface area contributed by atoms with Gasteiger partial charge in [0.05, 0.1) is 12.1 Å². The standard InChI is InChI=1S/C14H20N2O2/c1-9-5-4-6-11-8-13(18-14(9)11)12(16-15)7-10(2)17-3/h4-6,8,10,12,16H,7,15H2,1-3H3. The van der Waals surface area contributed by atoms with Crippen LogP contribution in [0.2, 0.25) is 0 Å². The molecule has 0 bridgehead atoms. The predicted octanol–water partition coefficient (Wildman–Crippen LogP) is 2.67. The van der Waals surface area contributed by atoms with Crippen molar-refractivity contribution in [3.05, 3.63) is 35.6 Å². The highest BCUT2D eigenvalue weighted by atomic mass is 16.5. The minimum Gasteiger partial charge on any atom is -0.459 e. The van der Waals surface area contributed by atoms with Gasteiger partial charge in [-0.25, -0.2) is 5.43 Å². The first-order valence-electron chi connectivity index (χ1n) is 6.13. The van der Waals surface area contributed by atoms with E-state index < -0.39 is 0 Å². The molecule has 98 valence electrons. The van der Waals surface area contributed by atoms with Crippen molar-refractivity contribution in [2.75, 3.05) is 7.11 Å². The number of furan rings is 1. The highest BCUT2D eigenvalue weighted by molar-refractivity contribution is 5.80. The summed E-state index contributed by atoms with van der Waals surface area (Å²) in [6.07, 6.45) is 0.895. The Hall–Kier alpha value is -1.36. The second-order valence-electron chi connectivity index (χ2n) is 4.64. The summed E-state index contributed by atoms with van der Waals surface area (Å²) in [7, 11) is 1.70. The van der Waals surface area contributed by atoms with Crippen LogP contribution in [0.15, 0.2) is 28.7 Å². The number of aryl methyl sites for hydroxylation is 1. The van der Waals surface area contributed by atoms with E-state index in [1.807, 2.05) is 38.1 Å². The number of hydrogen-bond acceptors (Lipinski definition) is 4. The molecule has 1 heterocycles. The van der Waals surface area contributed by atoms with Crippen LogP contribution < -0.4 is 11.3 Å². The lowest BCUT2D eigenvalue weighted by molar-refractivity contribution is 0.0978. The molecular weight excluding hydrogens is 228 g/mol. The number of methoxy groups -OCH3 is 1. The molecule has 2 atom stereocenters. The van der Waals surface area contributed by atoms with Gasteiger partial charge in [0.15, 0.2) is 0 Å². The lowest BCUT2D eigenvalue weighted by Crippen LogP contribution is -2.30. The van der Waals surface area contributed by atoms with Crippen molar-refractivity contribution in [3.63, 3.8) is 0 Å². The Morgan fingerprint density at radius 1 is 1.44 bits per heavy atom. The zero-order valence-electron chi connectivity index (χ0n) is 11.1. The minimum atomic E-state index is -0.0354. The molecule has 4 heteroatoms. The molecule has 0 fully saturated rings. The fraction of sp³-hybridized carbons (Fsp3) is 0.429. The minimum absolute atomic E-state index is 0.0354. The Morgan fingerprint density at radius 2 is 2.22 bits per heavy atom. The third kappa shape index (κ3) is 2.56. The number of hydrogen-bond donors (Lipinski definition) is 2. The fourth-order valence-electron chi connectivity index (χ4n) is 2.10. The summed E-state index contributed by atoms with van der Waals surface area (Å²) in [5, 5.41) is 1.11. The van der Waals surface area contributed by atoms with E-state index in [0.29, 0.717) is 0 Å². The van der Waals surface area contributed by atoms with E-state index in [9.17, 15) is 0 Å². The SMILES string of the molecule is COC(C)CC(NN)c1cc2cccc(C)c2o1. The van der Waals surface area contributed by atoms with Crippen molar-refractivity contribution < 1.29 is 9.15 Å². The lowest BCUT2D eigenvalue weighted by Gasteiger charge is -2.17. The van der Waals surface area contributed by atoms with E-state index in [-0.39, 0.29) is 12.1 Å². The monoisotopic (exact) mass is 248 g/mol. The molecule has 0 spiro atoms. The zero-order valence-corrected chi connectivity index (χ0v) is 11.1. The number of ether oxygens (including phenoxy) is 1. The van der Waals surface area contributed by atoms with Gasteiger partial charge in [-0.15, -0.1) is 0 Å². The third-order valence-electron chi connectivity index (χ3n) is 3.27. The molecule has 2 unspecified atom stereocenters. The van der Waals surface area contributed by atoms with Crippen molar-refractivity contribution in [2.45, 2.75) is 32.4 Å². The highest BCUT2D eigenvalue weighted by Crippen LogP contribution is 2.28. The van der Waals surface area contributed by atoms with Gasteiger partial charge in [0, 0.05) is 12.5 Å². The summed E-state index contributed by atoms with van der Waals surface area (Å²) < 4.78 is 11.2. The largest absolute Gasteiger partial charge is 0.459 e. The average Bonchev–Trinajstić information content (AvgIpc) is 2.80. The van der Waals surface area contributed by atoms with Crippen LogP contribution in [0.4, 0.5) is 0 Å². The van der Waals surface area contributed by atoms with E-state index in [0.717, 1.165) is 28.7 Å². The number of benzene rings is 1. The van der Waals surface area contributed by atoms with Crippen molar-refractivity contribution in [2.24, 2.45) is 5.84 Å². The van der Waals surface area contributed by atoms with Crippen LogP contribution in [-0.4, -0.2) is 13.2 Å². The van der Waals surface area contributed by atoms with Crippen molar-refractivity contribution >= 4 is 11.0 Å². The maximum Gasteiger partial charge on any atom is 0.137 e. The molecule has 0 radical (unpaired) electrons. The second-order valence-corrected chi connectivity index (χ2v) is 4.64. The molecule has 0 aliphatic rings. The van der Waals surface area contributed by atoms with Crippen LogP contribution in [-0.2, 0) is 4.74 Å². The molecule has 3 N–H and O–H groups in total. The molecule has 4 nitrogen and oxygen atoms in total. The molecule has 2 rings (SSSR count). The van der Waals surface area contributed by atoms with Gasteiger partial charge >= 0.3 is 0 Å². The van der Waals surface area contributed by atoms with E-state index >= 15 is 0 Å². The van der Waals surface area contributed by atoms with Gasteiger partial charge in [0.2, 0.25) is 0 Å². The molecule has 1 aromatic heterocycles. The summed E-state index contributed by atoms with van der Waals surface area (Å²) in [5.41, 5.74) is 4.85. The molecule has 1 aromatic carbocycles. The zero-order chi connectivity index (χ0) is 13.1. The van der Waals surface area contributed by atoms with Crippen LogP contribution >= 0.6 is 0 Å². The Labute approximate surface area is 107 Å². The number of hydrazine groups is 1. The highest BCUT2D eigenvalue weighted by Gasteiger charge is 2.18. The first-order chi connectivity index (χ1) is 8.65. The third-order valence-corrected chi connectivity index (χ3v) is 3.27. The molecule has 18 heavy (non-hydrogen) atoms. The first kappa shape index (κ1) is 13.1. The maximum atomic E-state index is 5.90. The van der Waals surface area contributed by atoms with Gasteiger partial charge < -0.3 is 9.15 Å². The van der Waals surface area contributed by atoms with Crippen LogP contribution in [0.3, 0.4) is 0 Å². The molecule has 2 aromatic rings. The summed E-state index contributed by atoms with van der Waals surface area (Å²) in [4.78, 5) is 0. The number of nitrogens with one attached hydrogen (secondary N) is 1. The van der Waals surface area contributed by atoms with Crippen LogP contribution in [0.25, 0.3) is 11.0 Å². The van der Waals surface area contributed by atoms with E-state index in [4.69, 9.17) is 15.0 Å². The maximum absolute atomic E-state index is 5.90. The fourth-order valence-corrected chi connectivity index (χ4v) is 2.10. The second kappa shape index (κ2) is 5.52. The number of nitrogens with two attached hydrogens (primary N) is 1. The smallest absolute Gasteiger partial charge is 0.137 e. The topological polar surface area (TPSA) is 60.4 Å². The quantitative estimate of drug-likeness (QED) is 0.631. The van der Waals surface area contributed by atoms with E-state index in [2.05, 4.69) is 5.43 Å². The molecular formula is C14H20N2O2. The summed E-state index contributed by atoms with van der Waals surface area (Å²) in [6, 6.07) is 8.11. The van der Waals surface area contributed by atoms with E-state index in [1.54, 1.807) is 7.11 Å². The lowest BCUT2D eigenvalue weighted by atomic mass is 10.1.